The van der Waals surface area contributed by atoms with Crippen molar-refractivity contribution >= 4 is 10.8 Å². The Morgan fingerprint density at radius 2 is 1.80 bits per heavy atom. The second kappa shape index (κ2) is 4.94. The lowest BCUT2D eigenvalue weighted by Crippen LogP contribution is -1.92. The average Bonchev–Trinajstić information content (AvgIpc) is 2.30. The summed E-state index contributed by atoms with van der Waals surface area (Å²) in [6.45, 7) is 0.725. The molecule has 0 N–H and O–H groups in total. The summed E-state index contributed by atoms with van der Waals surface area (Å²) in [5.74, 6) is 0. The molecule has 0 atom stereocenters. The van der Waals surface area contributed by atoms with Gasteiger partial charge in [0.05, 0.1) is 7.11 Å². The SMILES string of the molecule is [CH2]OCCCc1cccc2ccccc12. The van der Waals surface area contributed by atoms with Crippen molar-refractivity contribution in [3.8, 4) is 0 Å². The minimum absolute atomic E-state index is 0.725. The molecule has 1 nitrogen and oxygen atoms in total. The molecule has 0 saturated heterocycles. The van der Waals surface area contributed by atoms with Gasteiger partial charge in [-0.05, 0) is 29.2 Å². The third-order valence-corrected chi connectivity index (χ3v) is 2.61. The smallest absolute Gasteiger partial charge is 0.0700 e. The summed E-state index contributed by atoms with van der Waals surface area (Å²) >= 11 is 0. The lowest BCUT2D eigenvalue weighted by molar-refractivity contribution is 0.238. The number of rotatable bonds is 4. The van der Waals surface area contributed by atoms with Crippen molar-refractivity contribution in [1.29, 1.82) is 0 Å². The van der Waals surface area contributed by atoms with Gasteiger partial charge < -0.3 is 4.74 Å². The summed E-state index contributed by atoms with van der Waals surface area (Å²) < 4.78 is 4.83. The highest BCUT2D eigenvalue weighted by atomic mass is 16.5. The van der Waals surface area contributed by atoms with E-state index in [1.54, 1.807) is 0 Å². The molecule has 2 aromatic rings. The number of ether oxygens (including phenoxy) is 1. The molecule has 0 saturated carbocycles. The summed E-state index contributed by atoms with van der Waals surface area (Å²) in [6.07, 6.45) is 2.08. The minimum atomic E-state index is 0.725. The Morgan fingerprint density at radius 3 is 2.67 bits per heavy atom. The fourth-order valence-electron chi connectivity index (χ4n) is 1.88. The molecule has 0 aliphatic rings. The van der Waals surface area contributed by atoms with Crippen LogP contribution in [0.25, 0.3) is 10.8 Å². The Hall–Kier alpha value is -1.34. The van der Waals surface area contributed by atoms with Crippen LogP contribution in [0.3, 0.4) is 0 Å². The van der Waals surface area contributed by atoms with Crippen molar-refractivity contribution in [2.75, 3.05) is 6.61 Å². The van der Waals surface area contributed by atoms with Gasteiger partial charge in [-0.25, -0.2) is 0 Å². The Balaban J connectivity index is 2.26. The zero-order chi connectivity index (χ0) is 10.5. The number of benzene rings is 2. The molecule has 2 rings (SSSR count). The number of hydrogen-bond acceptors (Lipinski definition) is 1. The molecule has 0 fully saturated rings. The fraction of sp³-hybridized carbons (Fsp3) is 0.214. The quantitative estimate of drug-likeness (QED) is 0.684. The average molecular weight is 199 g/mol. The maximum atomic E-state index is 4.83. The largest absolute Gasteiger partial charge is 0.379 e. The van der Waals surface area contributed by atoms with Crippen molar-refractivity contribution in [3.63, 3.8) is 0 Å². The van der Waals surface area contributed by atoms with Gasteiger partial charge in [-0.1, -0.05) is 42.5 Å². The molecule has 0 bridgehead atoms. The zero-order valence-electron chi connectivity index (χ0n) is 8.78. The molecular weight excluding hydrogens is 184 g/mol. The summed E-state index contributed by atoms with van der Waals surface area (Å²) in [5, 5.41) is 2.66. The molecule has 0 aliphatic heterocycles. The van der Waals surface area contributed by atoms with Crippen molar-refractivity contribution in [2.24, 2.45) is 0 Å². The predicted octanol–water partition coefficient (Wildman–Crippen LogP) is 3.58. The molecule has 0 aliphatic carbocycles. The first-order chi connectivity index (χ1) is 7.42. The van der Waals surface area contributed by atoms with E-state index in [0.717, 1.165) is 19.4 Å². The summed E-state index contributed by atoms with van der Waals surface area (Å²) in [4.78, 5) is 0. The topological polar surface area (TPSA) is 9.23 Å². The minimum Gasteiger partial charge on any atom is -0.379 e. The highest BCUT2D eigenvalue weighted by Gasteiger charge is 1.99. The normalized spacial score (nSPS) is 10.7. The van der Waals surface area contributed by atoms with Gasteiger partial charge in [-0.2, -0.15) is 0 Å². The maximum Gasteiger partial charge on any atom is 0.0700 e. The summed E-state index contributed by atoms with van der Waals surface area (Å²) in [7, 11) is 3.38. The van der Waals surface area contributed by atoms with Crippen LogP contribution in [-0.2, 0) is 11.2 Å². The van der Waals surface area contributed by atoms with Gasteiger partial charge in [-0.15, -0.1) is 0 Å². The lowest BCUT2D eigenvalue weighted by atomic mass is 10.0. The molecule has 1 heteroatoms. The Bertz CT molecular complexity index is 429. The molecular formula is C14H15O. The van der Waals surface area contributed by atoms with Gasteiger partial charge in [0, 0.05) is 6.61 Å². The standard InChI is InChI=1S/C14H15O/c1-15-11-5-9-13-8-4-7-12-6-2-3-10-14(12)13/h2-4,6-8,10H,1,5,9,11H2. The molecule has 0 heterocycles. The maximum absolute atomic E-state index is 4.83. The van der Waals surface area contributed by atoms with Gasteiger partial charge in [0.15, 0.2) is 0 Å². The van der Waals surface area contributed by atoms with E-state index in [4.69, 9.17) is 4.74 Å². The van der Waals surface area contributed by atoms with Crippen molar-refractivity contribution < 1.29 is 4.74 Å². The molecule has 1 radical (unpaired) electrons. The van der Waals surface area contributed by atoms with Crippen LogP contribution in [0, 0.1) is 7.11 Å². The van der Waals surface area contributed by atoms with E-state index in [1.165, 1.54) is 16.3 Å². The van der Waals surface area contributed by atoms with Crippen molar-refractivity contribution in [3.05, 3.63) is 55.1 Å². The zero-order valence-corrected chi connectivity index (χ0v) is 8.78. The van der Waals surface area contributed by atoms with E-state index >= 15 is 0 Å². The molecule has 2 aromatic carbocycles. The molecule has 0 unspecified atom stereocenters. The number of aryl methyl sites for hydroxylation is 1. The first kappa shape index (κ1) is 10.2. The van der Waals surface area contributed by atoms with E-state index in [0.29, 0.717) is 0 Å². The van der Waals surface area contributed by atoms with Crippen LogP contribution in [0.15, 0.2) is 42.5 Å². The van der Waals surface area contributed by atoms with Crippen LogP contribution in [0.1, 0.15) is 12.0 Å². The molecule has 0 amide bonds. The van der Waals surface area contributed by atoms with E-state index in [2.05, 4.69) is 49.6 Å². The second-order valence-corrected chi connectivity index (χ2v) is 3.65. The van der Waals surface area contributed by atoms with Gasteiger partial charge in [0.25, 0.3) is 0 Å². The molecule has 0 spiro atoms. The van der Waals surface area contributed by atoms with Crippen LogP contribution in [-0.4, -0.2) is 6.61 Å². The van der Waals surface area contributed by atoms with E-state index < -0.39 is 0 Å². The first-order valence-electron chi connectivity index (χ1n) is 5.25. The van der Waals surface area contributed by atoms with Crippen molar-refractivity contribution in [1.82, 2.24) is 0 Å². The van der Waals surface area contributed by atoms with E-state index in [-0.39, 0.29) is 0 Å². The molecule has 77 valence electrons. The Kier molecular flexibility index (Phi) is 3.36. The van der Waals surface area contributed by atoms with Crippen LogP contribution in [0.5, 0.6) is 0 Å². The lowest BCUT2D eigenvalue weighted by Gasteiger charge is -2.05. The van der Waals surface area contributed by atoms with Crippen LogP contribution >= 0.6 is 0 Å². The van der Waals surface area contributed by atoms with Crippen LogP contribution in [0.2, 0.25) is 0 Å². The highest BCUT2D eigenvalue weighted by molar-refractivity contribution is 5.85. The summed E-state index contributed by atoms with van der Waals surface area (Å²) in [6, 6.07) is 14.9. The van der Waals surface area contributed by atoms with Crippen LogP contribution in [0.4, 0.5) is 0 Å². The predicted molar refractivity (Wildman–Crippen MR) is 63.6 cm³/mol. The Labute approximate surface area is 90.7 Å². The first-order valence-corrected chi connectivity index (χ1v) is 5.25. The Morgan fingerprint density at radius 1 is 1.00 bits per heavy atom. The fourth-order valence-corrected chi connectivity index (χ4v) is 1.88. The monoisotopic (exact) mass is 199 g/mol. The van der Waals surface area contributed by atoms with Crippen molar-refractivity contribution in [2.45, 2.75) is 12.8 Å². The third-order valence-electron chi connectivity index (χ3n) is 2.61. The number of fused-ring (bicyclic) bond motifs is 1. The van der Waals surface area contributed by atoms with E-state index in [9.17, 15) is 0 Å². The third kappa shape index (κ3) is 2.37. The van der Waals surface area contributed by atoms with Gasteiger partial charge in [0.1, 0.15) is 0 Å². The van der Waals surface area contributed by atoms with Gasteiger partial charge in [-0.3, -0.25) is 0 Å². The highest BCUT2D eigenvalue weighted by Crippen LogP contribution is 2.19. The van der Waals surface area contributed by atoms with Gasteiger partial charge >= 0.3 is 0 Å². The second-order valence-electron chi connectivity index (χ2n) is 3.65. The van der Waals surface area contributed by atoms with Crippen LogP contribution < -0.4 is 0 Å². The number of hydrogen-bond donors (Lipinski definition) is 0. The van der Waals surface area contributed by atoms with E-state index in [1.807, 2.05) is 0 Å². The summed E-state index contributed by atoms with van der Waals surface area (Å²) in [5.41, 5.74) is 1.39. The van der Waals surface area contributed by atoms with Gasteiger partial charge in [0.2, 0.25) is 0 Å². The molecule has 15 heavy (non-hydrogen) atoms. The molecule has 0 aromatic heterocycles.